The lowest BCUT2D eigenvalue weighted by molar-refractivity contribution is -0.274. The molecule has 7 rings (SSSR count). The van der Waals surface area contributed by atoms with Gasteiger partial charge in [-0.2, -0.15) is 0 Å². The maximum Gasteiger partial charge on any atom is 0.573 e. The van der Waals surface area contributed by atoms with Crippen LogP contribution in [0.25, 0.3) is 6.08 Å². The van der Waals surface area contributed by atoms with Crippen molar-refractivity contribution in [2.45, 2.75) is 88.4 Å². The quantitative estimate of drug-likeness (QED) is 0.183. The molecule has 2 fully saturated rings. The van der Waals surface area contributed by atoms with E-state index < -0.39 is 29.5 Å². The Hall–Kier alpha value is -4.51. The summed E-state index contributed by atoms with van der Waals surface area (Å²) in [7, 11) is 0. The molecule has 2 aliphatic heterocycles. The number of likely N-dealkylation sites (tertiary alicyclic amines) is 1. The van der Waals surface area contributed by atoms with Gasteiger partial charge in [-0.05, 0) is 85.5 Å². The van der Waals surface area contributed by atoms with E-state index in [1.165, 1.54) is 42.8 Å². The normalized spacial score (nSPS) is 26.5. The average Bonchev–Trinajstić information content (AvgIpc) is 3.42. The van der Waals surface area contributed by atoms with Gasteiger partial charge in [0.05, 0.1) is 17.5 Å². The van der Waals surface area contributed by atoms with Crippen molar-refractivity contribution in [3.05, 3.63) is 95.1 Å². The van der Waals surface area contributed by atoms with E-state index in [1.54, 1.807) is 17.0 Å². The second-order valence-electron chi connectivity index (χ2n) is 14.6. The summed E-state index contributed by atoms with van der Waals surface area (Å²) in [5, 5.41) is 11.2. The molecule has 2 bridgehead atoms. The summed E-state index contributed by atoms with van der Waals surface area (Å²) in [4.78, 5) is 31.5. The molecule has 0 unspecified atom stereocenters. The molecule has 270 valence electrons. The lowest BCUT2D eigenvalue weighted by Crippen LogP contribution is -2.79. The molecule has 1 spiro atoms. The third kappa shape index (κ3) is 6.23. The van der Waals surface area contributed by atoms with Gasteiger partial charge in [-0.3, -0.25) is 14.5 Å². The van der Waals surface area contributed by atoms with E-state index in [0.29, 0.717) is 43.5 Å². The minimum Gasteiger partial charge on any atom is -0.504 e. The molecule has 51 heavy (non-hydrogen) atoms. The monoisotopic (exact) mass is 704 g/mol. The first kappa shape index (κ1) is 34.9. The standard InChI is InChI=1S/C40H43F3N2O6/c1-25(2)24-45(34(48)15-12-28-10-7-11-30(22-28)51-40(41,42)43)31-16-18-39(50-26(3)46)33-23-29-13-14-32(47)36-35(29)38(39,37(31)49-36)19-21-44(33)20-17-27-8-5-4-6-9-27/h4-15,22,25,31,33,37,47H,16-21,23-24H2,1-3H3/t31-,33-,37+,38+,39-/m1/s1. The smallest absolute Gasteiger partial charge is 0.504 e. The first-order valence-electron chi connectivity index (χ1n) is 17.7. The number of alkyl halides is 3. The Morgan fingerprint density at radius 3 is 2.61 bits per heavy atom. The molecule has 3 aromatic carbocycles. The van der Waals surface area contributed by atoms with Crippen LogP contribution < -0.4 is 9.47 Å². The predicted molar refractivity (Wildman–Crippen MR) is 184 cm³/mol. The van der Waals surface area contributed by atoms with Crippen molar-refractivity contribution in [3.8, 4) is 17.2 Å². The molecule has 5 atom stereocenters. The fourth-order valence-electron chi connectivity index (χ4n) is 9.40. The molecule has 2 aliphatic carbocycles. The Balaban J connectivity index is 1.26. The molecular weight excluding hydrogens is 661 g/mol. The third-order valence-corrected chi connectivity index (χ3v) is 11.1. The Morgan fingerprint density at radius 2 is 1.88 bits per heavy atom. The van der Waals surface area contributed by atoms with Gasteiger partial charge in [-0.1, -0.05) is 62.4 Å². The van der Waals surface area contributed by atoms with Crippen LogP contribution in [0.3, 0.4) is 0 Å². The van der Waals surface area contributed by atoms with Crippen LogP contribution in [0, 0.1) is 5.92 Å². The molecule has 1 amide bonds. The molecule has 1 N–H and O–H groups in total. The van der Waals surface area contributed by atoms with Crippen molar-refractivity contribution in [3.63, 3.8) is 0 Å². The summed E-state index contributed by atoms with van der Waals surface area (Å²) in [5.74, 6) is -0.585. The van der Waals surface area contributed by atoms with Crippen LogP contribution >= 0.6 is 0 Å². The van der Waals surface area contributed by atoms with Crippen molar-refractivity contribution >= 4 is 18.0 Å². The first-order chi connectivity index (χ1) is 24.3. The molecule has 1 saturated carbocycles. The van der Waals surface area contributed by atoms with E-state index in [4.69, 9.17) is 9.47 Å². The Kier molecular flexibility index (Phi) is 9.06. The summed E-state index contributed by atoms with van der Waals surface area (Å²) in [6, 6.07) is 18.8. The lowest BCUT2D eigenvalue weighted by atomic mass is 9.48. The van der Waals surface area contributed by atoms with Crippen molar-refractivity contribution in [1.29, 1.82) is 0 Å². The summed E-state index contributed by atoms with van der Waals surface area (Å²) in [6.45, 7) is 7.37. The summed E-state index contributed by atoms with van der Waals surface area (Å²) >= 11 is 0. The zero-order valence-electron chi connectivity index (χ0n) is 29.0. The van der Waals surface area contributed by atoms with Gasteiger partial charge in [0.25, 0.3) is 0 Å². The summed E-state index contributed by atoms with van der Waals surface area (Å²) < 4.78 is 56.1. The van der Waals surface area contributed by atoms with Gasteiger partial charge in [0.2, 0.25) is 5.91 Å². The fourth-order valence-corrected chi connectivity index (χ4v) is 9.40. The zero-order valence-corrected chi connectivity index (χ0v) is 29.0. The SMILES string of the molecule is CC(=O)O[C@@]12CC[C@@H](N(CC(C)C)C(=O)C=Cc3cccc(OC(F)(F)F)c3)[C@@H]3Oc4c(O)ccc5c4[C@@]31CCN(CCc1ccccc1)[C@@H]2C5. The molecule has 11 heteroatoms. The Bertz CT molecular complexity index is 1830. The molecule has 4 aliphatic rings. The predicted octanol–water partition coefficient (Wildman–Crippen LogP) is 6.83. The van der Waals surface area contributed by atoms with Gasteiger partial charge >= 0.3 is 12.3 Å². The van der Waals surface area contributed by atoms with E-state index in [9.17, 15) is 27.9 Å². The van der Waals surface area contributed by atoms with Crippen LogP contribution in [-0.2, 0) is 32.6 Å². The molecule has 0 radical (unpaired) electrons. The van der Waals surface area contributed by atoms with E-state index in [0.717, 1.165) is 30.6 Å². The Labute approximate surface area is 295 Å². The van der Waals surface area contributed by atoms with Gasteiger partial charge in [-0.15, -0.1) is 13.2 Å². The lowest BCUT2D eigenvalue weighted by Gasteiger charge is -2.65. The highest BCUT2D eigenvalue weighted by atomic mass is 19.4. The van der Waals surface area contributed by atoms with Gasteiger partial charge in [0, 0.05) is 31.7 Å². The number of rotatable bonds is 10. The number of phenols is 1. The number of ether oxygens (including phenoxy) is 3. The van der Waals surface area contributed by atoms with Crippen LogP contribution in [0.1, 0.15) is 62.3 Å². The van der Waals surface area contributed by atoms with Crippen molar-refractivity contribution < 1.29 is 42.1 Å². The zero-order chi connectivity index (χ0) is 36.1. The maximum absolute atomic E-state index is 14.2. The second kappa shape index (κ2) is 13.2. The van der Waals surface area contributed by atoms with Gasteiger partial charge in [-0.25, -0.2) is 0 Å². The highest BCUT2D eigenvalue weighted by Gasteiger charge is 2.75. The maximum atomic E-state index is 14.2. The minimum atomic E-state index is -4.84. The number of amides is 1. The molecule has 2 heterocycles. The highest BCUT2D eigenvalue weighted by Crippen LogP contribution is 2.67. The van der Waals surface area contributed by atoms with Crippen molar-refractivity contribution in [1.82, 2.24) is 9.80 Å². The molecule has 3 aromatic rings. The topological polar surface area (TPSA) is 88.5 Å². The third-order valence-electron chi connectivity index (χ3n) is 11.1. The van der Waals surface area contributed by atoms with Crippen LogP contribution in [0.2, 0.25) is 0 Å². The summed E-state index contributed by atoms with van der Waals surface area (Å²) in [5.41, 5.74) is 1.76. The molecule has 1 saturated heterocycles. The fraction of sp³-hybridized carbons (Fsp3) is 0.450. The number of phenolic OH excluding ortho intramolecular Hbond substituents is 1. The van der Waals surface area contributed by atoms with E-state index >= 15 is 0 Å². The van der Waals surface area contributed by atoms with Crippen molar-refractivity contribution in [2.75, 3.05) is 19.6 Å². The summed E-state index contributed by atoms with van der Waals surface area (Å²) in [6.07, 6.45) is 0.437. The number of nitrogens with zero attached hydrogens (tertiary/aromatic N) is 2. The molecular formula is C40H43F3N2O6. The second-order valence-corrected chi connectivity index (χ2v) is 14.6. The van der Waals surface area contributed by atoms with Crippen molar-refractivity contribution in [2.24, 2.45) is 5.92 Å². The minimum absolute atomic E-state index is 0.0144. The van der Waals surface area contributed by atoms with Gasteiger partial charge in [0.15, 0.2) is 11.5 Å². The van der Waals surface area contributed by atoms with Crippen LogP contribution in [0.4, 0.5) is 13.2 Å². The number of piperidine rings is 1. The van der Waals surface area contributed by atoms with Crippen LogP contribution in [-0.4, -0.2) is 76.6 Å². The van der Waals surface area contributed by atoms with Gasteiger partial charge in [0.1, 0.15) is 17.5 Å². The number of halogens is 3. The number of esters is 1. The number of carbonyl (C=O) groups is 2. The van der Waals surface area contributed by atoms with E-state index in [2.05, 4.69) is 21.8 Å². The van der Waals surface area contributed by atoms with Crippen LogP contribution in [0.15, 0.2) is 72.8 Å². The number of benzene rings is 3. The van der Waals surface area contributed by atoms with Gasteiger partial charge < -0.3 is 24.2 Å². The largest absolute Gasteiger partial charge is 0.573 e. The average molecular weight is 705 g/mol. The number of hydrogen-bond donors (Lipinski definition) is 1. The van der Waals surface area contributed by atoms with E-state index in [1.807, 2.05) is 38.1 Å². The van der Waals surface area contributed by atoms with Crippen LogP contribution in [0.5, 0.6) is 17.2 Å². The Morgan fingerprint density at radius 1 is 1.10 bits per heavy atom. The number of hydrogen-bond acceptors (Lipinski definition) is 7. The first-order valence-corrected chi connectivity index (χ1v) is 17.7. The molecule has 0 aromatic heterocycles. The highest BCUT2D eigenvalue weighted by molar-refractivity contribution is 5.92. The number of carbonyl (C=O) groups excluding carboxylic acids is 2. The van der Waals surface area contributed by atoms with E-state index in [-0.39, 0.29) is 35.3 Å². The number of aromatic hydroxyl groups is 1. The molecule has 8 nitrogen and oxygen atoms in total.